The molecule has 1 unspecified atom stereocenters. The van der Waals surface area contributed by atoms with Gasteiger partial charge in [0.05, 0.1) is 18.2 Å². The van der Waals surface area contributed by atoms with Crippen LogP contribution >= 0.6 is 11.6 Å². The molecule has 2 amide bonds. The van der Waals surface area contributed by atoms with Crippen LogP contribution < -0.4 is 5.32 Å². The van der Waals surface area contributed by atoms with Gasteiger partial charge in [-0.25, -0.2) is 0 Å². The SMILES string of the molecule is Cc1noc(Cl)c1CC(=O)NC1CC(=O)N(Cc2ccccc2)C1. The van der Waals surface area contributed by atoms with Gasteiger partial charge >= 0.3 is 0 Å². The van der Waals surface area contributed by atoms with E-state index >= 15 is 0 Å². The molecule has 2 aromatic rings. The number of nitrogens with zero attached hydrogens (tertiary/aromatic N) is 2. The minimum atomic E-state index is -0.192. The Morgan fingerprint density at radius 3 is 2.83 bits per heavy atom. The van der Waals surface area contributed by atoms with Crippen LogP contribution in [0.4, 0.5) is 0 Å². The van der Waals surface area contributed by atoms with Crippen molar-refractivity contribution in [3.05, 3.63) is 52.4 Å². The van der Waals surface area contributed by atoms with E-state index in [2.05, 4.69) is 10.5 Å². The fourth-order valence-corrected chi connectivity index (χ4v) is 3.06. The highest BCUT2D eigenvalue weighted by Crippen LogP contribution is 2.20. The summed E-state index contributed by atoms with van der Waals surface area (Å²) in [5, 5.41) is 6.75. The van der Waals surface area contributed by atoms with Crippen molar-refractivity contribution in [2.24, 2.45) is 0 Å². The van der Waals surface area contributed by atoms with Crippen molar-refractivity contribution >= 4 is 23.4 Å². The maximum atomic E-state index is 12.2. The first kappa shape index (κ1) is 16.5. The van der Waals surface area contributed by atoms with Crippen LogP contribution in [0.2, 0.25) is 5.22 Å². The molecule has 6 nitrogen and oxygen atoms in total. The summed E-state index contributed by atoms with van der Waals surface area (Å²) in [5.41, 5.74) is 2.26. The second-order valence-corrected chi connectivity index (χ2v) is 6.27. The fraction of sp³-hybridized carbons (Fsp3) is 0.353. The van der Waals surface area contributed by atoms with Crippen molar-refractivity contribution in [2.75, 3.05) is 6.54 Å². The molecule has 1 aliphatic heterocycles. The van der Waals surface area contributed by atoms with Crippen molar-refractivity contribution in [3.8, 4) is 0 Å². The molecule has 1 aromatic heterocycles. The van der Waals surface area contributed by atoms with Gasteiger partial charge in [0.15, 0.2) is 0 Å². The average Bonchev–Trinajstić information content (AvgIpc) is 3.05. The molecule has 0 aliphatic carbocycles. The van der Waals surface area contributed by atoms with E-state index in [1.165, 1.54) is 0 Å². The molecule has 24 heavy (non-hydrogen) atoms. The second-order valence-electron chi connectivity index (χ2n) is 5.93. The molecule has 0 saturated carbocycles. The molecule has 0 spiro atoms. The van der Waals surface area contributed by atoms with Crippen LogP contribution in [-0.4, -0.2) is 34.5 Å². The zero-order chi connectivity index (χ0) is 17.1. The molecule has 1 atom stereocenters. The van der Waals surface area contributed by atoms with Crippen LogP contribution in [0.3, 0.4) is 0 Å². The molecule has 0 bridgehead atoms. The van der Waals surface area contributed by atoms with Gasteiger partial charge < -0.3 is 14.7 Å². The third-order valence-electron chi connectivity index (χ3n) is 4.07. The van der Waals surface area contributed by atoms with E-state index in [0.717, 1.165) is 5.56 Å². The van der Waals surface area contributed by atoms with E-state index in [1.807, 2.05) is 30.3 Å². The Hall–Kier alpha value is -2.34. The molecular formula is C17H18ClN3O3. The van der Waals surface area contributed by atoms with E-state index in [9.17, 15) is 9.59 Å². The van der Waals surface area contributed by atoms with Gasteiger partial charge in [0.1, 0.15) is 0 Å². The predicted octanol–water partition coefficient (Wildman–Crippen LogP) is 2.10. The standard InChI is InChI=1S/C17H18ClN3O3/c1-11-14(17(18)24-20-11)8-15(22)19-13-7-16(23)21(10-13)9-12-5-3-2-4-6-12/h2-6,13H,7-10H2,1H3,(H,19,22). The van der Waals surface area contributed by atoms with E-state index in [0.29, 0.717) is 30.8 Å². The zero-order valence-corrected chi connectivity index (χ0v) is 14.0. The minimum Gasteiger partial charge on any atom is -0.351 e. The summed E-state index contributed by atoms with van der Waals surface area (Å²) in [7, 11) is 0. The Kier molecular flexibility index (Phi) is 4.85. The monoisotopic (exact) mass is 347 g/mol. The zero-order valence-electron chi connectivity index (χ0n) is 13.3. The van der Waals surface area contributed by atoms with E-state index in [-0.39, 0.29) is 29.5 Å². The van der Waals surface area contributed by atoms with Gasteiger partial charge in [0.25, 0.3) is 0 Å². The Morgan fingerprint density at radius 2 is 2.17 bits per heavy atom. The number of likely N-dealkylation sites (tertiary alicyclic amines) is 1. The fourth-order valence-electron chi connectivity index (χ4n) is 2.82. The third kappa shape index (κ3) is 3.76. The number of amides is 2. The van der Waals surface area contributed by atoms with Gasteiger partial charge in [-0.3, -0.25) is 9.59 Å². The lowest BCUT2D eigenvalue weighted by molar-refractivity contribution is -0.128. The lowest BCUT2D eigenvalue weighted by Gasteiger charge is -2.17. The molecule has 1 aliphatic rings. The van der Waals surface area contributed by atoms with Crippen LogP contribution in [-0.2, 0) is 22.6 Å². The number of aryl methyl sites for hydroxylation is 1. The summed E-state index contributed by atoms with van der Waals surface area (Å²) in [5.74, 6) is -0.147. The Labute approximate surface area is 144 Å². The van der Waals surface area contributed by atoms with E-state index < -0.39 is 0 Å². The summed E-state index contributed by atoms with van der Waals surface area (Å²) in [6.45, 7) is 2.80. The van der Waals surface area contributed by atoms with Gasteiger partial charge in [-0.1, -0.05) is 35.5 Å². The highest BCUT2D eigenvalue weighted by molar-refractivity contribution is 6.29. The van der Waals surface area contributed by atoms with Crippen LogP contribution in [0.1, 0.15) is 23.2 Å². The number of halogens is 1. The number of rotatable bonds is 5. The first-order chi connectivity index (χ1) is 11.5. The molecule has 0 radical (unpaired) electrons. The van der Waals surface area contributed by atoms with Gasteiger partial charge in [0.2, 0.25) is 17.0 Å². The average molecular weight is 348 g/mol. The lowest BCUT2D eigenvalue weighted by Crippen LogP contribution is -2.37. The predicted molar refractivity (Wildman–Crippen MR) is 88.4 cm³/mol. The molecular weight excluding hydrogens is 330 g/mol. The number of aromatic nitrogens is 1. The number of carbonyl (C=O) groups is 2. The van der Waals surface area contributed by atoms with Crippen LogP contribution in [0.15, 0.2) is 34.9 Å². The van der Waals surface area contributed by atoms with Gasteiger partial charge in [0, 0.05) is 25.1 Å². The van der Waals surface area contributed by atoms with Gasteiger partial charge in [-0.05, 0) is 24.1 Å². The molecule has 1 saturated heterocycles. The summed E-state index contributed by atoms with van der Waals surface area (Å²) in [6, 6.07) is 9.61. The minimum absolute atomic E-state index is 0.0448. The molecule has 3 rings (SSSR count). The van der Waals surface area contributed by atoms with Crippen molar-refractivity contribution < 1.29 is 14.1 Å². The third-order valence-corrected chi connectivity index (χ3v) is 4.37. The Balaban J connectivity index is 1.55. The molecule has 7 heteroatoms. The topological polar surface area (TPSA) is 75.4 Å². The second kappa shape index (κ2) is 7.05. The molecule has 1 aromatic carbocycles. The lowest BCUT2D eigenvalue weighted by atomic mass is 10.1. The van der Waals surface area contributed by atoms with Crippen molar-refractivity contribution in [2.45, 2.75) is 32.4 Å². The number of hydrogen-bond donors (Lipinski definition) is 1. The molecule has 2 heterocycles. The summed E-state index contributed by atoms with van der Waals surface area (Å²) in [4.78, 5) is 26.1. The smallest absolute Gasteiger partial charge is 0.229 e. The summed E-state index contributed by atoms with van der Waals surface area (Å²) in [6.07, 6.45) is 0.409. The number of hydrogen-bond acceptors (Lipinski definition) is 4. The van der Waals surface area contributed by atoms with E-state index in [4.69, 9.17) is 16.1 Å². The highest BCUT2D eigenvalue weighted by atomic mass is 35.5. The maximum Gasteiger partial charge on any atom is 0.229 e. The Bertz CT molecular complexity index is 725. The quantitative estimate of drug-likeness (QED) is 0.898. The van der Waals surface area contributed by atoms with Crippen molar-refractivity contribution in [3.63, 3.8) is 0 Å². The first-order valence-corrected chi connectivity index (χ1v) is 8.12. The molecule has 126 valence electrons. The highest BCUT2D eigenvalue weighted by Gasteiger charge is 2.30. The molecule has 1 fully saturated rings. The summed E-state index contributed by atoms with van der Waals surface area (Å²) >= 11 is 5.87. The summed E-state index contributed by atoms with van der Waals surface area (Å²) < 4.78 is 4.84. The van der Waals surface area contributed by atoms with Crippen molar-refractivity contribution in [1.29, 1.82) is 0 Å². The molecule has 1 N–H and O–H groups in total. The number of benzene rings is 1. The van der Waals surface area contributed by atoms with Crippen molar-refractivity contribution in [1.82, 2.24) is 15.4 Å². The first-order valence-electron chi connectivity index (χ1n) is 7.74. The van der Waals surface area contributed by atoms with Gasteiger partial charge in [-0.2, -0.15) is 0 Å². The van der Waals surface area contributed by atoms with Gasteiger partial charge in [-0.15, -0.1) is 0 Å². The van der Waals surface area contributed by atoms with Crippen LogP contribution in [0.25, 0.3) is 0 Å². The van der Waals surface area contributed by atoms with E-state index in [1.54, 1.807) is 11.8 Å². The number of nitrogens with one attached hydrogen (secondary N) is 1. The van der Waals surface area contributed by atoms with Crippen LogP contribution in [0, 0.1) is 6.92 Å². The Morgan fingerprint density at radius 1 is 1.42 bits per heavy atom. The normalized spacial score (nSPS) is 17.3. The number of carbonyl (C=O) groups excluding carboxylic acids is 2. The largest absolute Gasteiger partial charge is 0.351 e. The maximum absolute atomic E-state index is 12.2. The van der Waals surface area contributed by atoms with Crippen LogP contribution in [0.5, 0.6) is 0 Å².